The first-order valence-corrected chi connectivity index (χ1v) is 10.3. The fourth-order valence-electron chi connectivity index (χ4n) is 3.60. The van der Waals surface area contributed by atoms with Gasteiger partial charge < -0.3 is 19.7 Å². The fourth-order valence-corrected chi connectivity index (χ4v) is 3.60. The van der Waals surface area contributed by atoms with Gasteiger partial charge in [0.25, 0.3) is 5.91 Å². The van der Waals surface area contributed by atoms with E-state index in [0.29, 0.717) is 12.1 Å². The number of amides is 1. The van der Waals surface area contributed by atoms with Gasteiger partial charge in [-0.3, -0.25) is 14.2 Å². The van der Waals surface area contributed by atoms with Crippen LogP contribution in [0.3, 0.4) is 0 Å². The number of nitrogens with zero attached hydrogens (tertiary/aromatic N) is 4. The van der Waals surface area contributed by atoms with Crippen molar-refractivity contribution in [3.8, 4) is 34.0 Å². The molecule has 0 atom stereocenters. The number of ether oxygens (including phenoxy) is 2. The number of hydrogen-bond donors (Lipinski definition) is 1. The number of nitrogens with one attached hydrogen (secondary N) is 1. The molecule has 0 aliphatic carbocycles. The lowest BCUT2D eigenvalue weighted by Gasteiger charge is -2.10. The molecule has 0 bridgehead atoms. The van der Waals surface area contributed by atoms with Crippen molar-refractivity contribution in [2.45, 2.75) is 0 Å². The lowest BCUT2D eigenvalue weighted by molar-refractivity contribution is 0.0951. The number of aromatic nitrogens is 3. The van der Waals surface area contributed by atoms with E-state index in [0.717, 1.165) is 46.2 Å². The van der Waals surface area contributed by atoms with E-state index in [1.165, 1.54) is 0 Å². The molecule has 2 aromatic heterocycles. The molecule has 32 heavy (non-hydrogen) atoms. The number of carbonyl (C=O) groups excluding carboxylic acids is 1. The summed E-state index contributed by atoms with van der Waals surface area (Å²) >= 11 is 0. The van der Waals surface area contributed by atoms with Crippen LogP contribution in [-0.2, 0) is 0 Å². The lowest BCUT2D eigenvalue weighted by atomic mass is 10.1. The summed E-state index contributed by atoms with van der Waals surface area (Å²) in [6, 6.07) is 13.3. The first-order chi connectivity index (χ1) is 15.6. The average molecular weight is 429 g/mol. The third kappa shape index (κ3) is 3.88. The molecular weight excluding hydrogens is 406 g/mol. The first-order valence-electron chi connectivity index (χ1n) is 10.3. The van der Waals surface area contributed by atoms with Crippen molar-refractivity contribution in [2.75, 3.05) is 34.0 Å². The van der Waals surface area contributed by atoms with E-state index < -0.39 is 0 Å². The number of carbonyl (C=O) groups is 1. The highest BCUT2D eigenvalue weighted by Gasteiger charge is 2.16. The van der Waals surface area contributed by atoms with Gasteiger partial charge in [0.15, 0.2) is 17.1 Å². The highest BCUT2D eigenvalue weighted by Crippen LogP contribution is 2.36. The summed E-state index contributed by atoms with van der Waals surface area (Å²) in [5.41, 5.74) is 4.98. The van der Waals surface area contributed by atoms with Gasteiger partial charge in [-0.2, -0.15) is 0 Å². The second-order valence-corrected chi connectivity index (χ2v) is 7.85. The van der Waals surface area contributed by atoms with Crippen LogP contribution in [0.25, 0.3) is 28.2 Å². The number of likely N-dealkylation sites (N-methyl/N-ethyl adjacent to an activating group) is 1. The maximum absolute atomic E-state index is 12.3. The van der Waals surface area contributed by atoms with Crippen LogP contribution in [-0.4, -0.2) is 59.2 Å². The first kappa shape index (κ1) is 20.0. The van der Waals surface area contributed by atoms with Gasteiger partial charge in [0.05, 0.1) is 23.8 Å². The molecule has 8 heteroatoms. The number of benzene rings is 2. The maximum Gasteiger partial charge on any atom is 0.251 e. The van der Waals surface area contributed by atoms with Crippen LogP contribution in [0.15, 0.2) is 61.1 Å². The summed E-state index contributed by atoms with van der Waals surface area (Å²) in [6.45, 7) is 1.64. The normalized spacial score (nSPS) is 12.5. The fraction of sp³-hybridized carbons (Fsp3) is 0.208. The Hall–Kier alpha value is -3.91. The summed E-state index contributed by atoms with van der Waals surface area (Å²) < 4.78 is 12.9. The van der Waals surface area contributed by atoms with E-state index in [2.05, 4.69) is 15.3 Å². The van der Waals surface area contributed by atoms with Crippen molar-refractivity contribution in [2.24, 2.45) is 0 Å². The van der Waals surface area contributed by atoms with Gasteiger partial charge in [-0.05, 0) is 44.4 Å². The predicted molar refractivity (Wildman–Crippen MR) is 121 cm³/mol. The molecule has 1 aliphatic heterocycles. The Morgan fingerprint density at radius 3 is 2.62 bits per heavy atom. The minimum atomic E-state index is -0.0819. The monoisotopic (exact) mass is 429 g/mol. The van der Waals surface area contributed by atoms with E-state index in [4.69, 9.17) is 9.47 Å². The lowest BCUT2D eigenvalue weighted by Crippen LogP contribution is -2.31. The van der Waals surface area contributed by atoms with E-state index >= 15 is 0 Å². The molecule has 0 unspecified atom stereocenters. The van der Waals surface area contributed by atoms with Gasteiger partial charge in [0.2, 0.25) is 6.79 Å². The van der Waals surface area contributed by atoms with E-state index in [1.807, 2.05) is 78.3 Å². The van der Waals surface area contributed by atoms with Gasteiger partial charge in [-0.15, -0.1) is 0 Å². The summed E-state index contributed by atoms with van der Waals surface area (Å²) in [6.07, 6.45) is 5.52. The van der Waals surface area contributed by atoms with Crippen molar-refractivity contribution in [3.63, 3.8) is 0 Å². The Bertz CT molecular complexity index is 1280. The predicted octanol–water partition coefficient (Wildman–Crippen LogP) is 3.08. The molecule has 0 spiro atoms. The van der Waals surface area contributed by atoms with Gasteiger partial charge in [0, 0.05) is 36.0 Å². The molecule has 1 aliphatic rings. The summed E-state index contributed by atoms with van der Waals surface area (Å²) in [4.78, 5) is 23.4. The number of imidazole rings is 1. The van der Waals surface area contributed by atoms with Crippen molar-refractivity contribution >= 4 is 11.6 Å². The zero-order chi connectivity index (χ0) is 22.1. The minimum absolute atomic E-state index is 0.0819. The Morgan fingerprint density at radius 1 is 1.03 bits per heavy atom. The quantitative estimate of drug-likeness (QED) is 0.507. The van der Waals surface area contributed by atoms with Gasteiger partial charge in [-0.1, -0.05) is 12.1 Å². The molecule has 1 N–H and O–H groups in total. The van der Waals surface area contributed by atoms with Crippen LogP contribution in [0.5, 0.6) is 11.5 Å². The molecule has 3 heterocycles. The van der Waals surface area contributed by atoms with E-state index in [-0.39, 0.29) is 12.7 Å². The Morgan fingerprint density at radius 2 is 1.81 bits per heavy atom. The highest BCUT2D eigenvalue weighted by atomic mass is 16.7. The second-order valence-electron chi connectivity index (χ2n) is 7.85. The molecule has 0 radical (unpaired) electrons. The van der Waals surface area contributed by atoms with Crippen LogP contribution < -0.4 is 14.8 Å². The largest absolute Gasteiger partial charge is 0.454 e. The standard InChI is InChI=1S/C24H23N5O3/c1-28(2)10-9-25-24(30)17-5-3-16(4-6-17)19-14-29-20(12-27-23(29)13-26-19)18-7-8-21-22(11-18)32-15-31-21/h3-8,11-14H,9-10,15H2,1-2H3,(H,25,30). The third-order valence-corrected chi connectivity index (χ3v) is 5.35. The van der Waals surface area contributed by atoms with Crippen LogP contribution in [0, 0.1) is 0 Å². The van der Waals surface area contributed by atoms with Crippen molar-refractivity contribution in [3.05, 3.63) is 66.6 Å². The average Bonchev–Trinajstić information content (AvgIpc) is 3.44. The molecule has 162 valence electrons. The highest BCUT2D eigenvalue weighted by molar-refractivity contribution is 5.94. The van der Waals surface area contributed by atoms with Crippen LogP contribution in [0.1, 0.15) is 10.4 Å². The van der Waals surface area contributed by atoms with Crippen molar-refractivity contribution < 1.29 is 14.3 Å². The summed E-state index contributed by atoms with van der Waals surface area (Å²) in [5, 5.41) is 2.93. The Kier molecular flexibility index (Phi) is 5.20. The SMILES string of the molecule is CN(C)CCNC(=O)c1ccc(-c2cn3c(-c4ccc5c(c4)OCO5)cnc3cn2)cc1. The van der Waals surface area contributed by atoms with E-state index in [9.17, 15) is 4.79 Å². The number of fused-ring (bicyclic) bond motifs is 2. The van der Waals surface area contributed by atoms with E-state index in [1.54, 1.807) is 6.20 Å². The molecule has 0 fully saturated rings. The third-order valence-electron chi connectivity index (χ3n) is 5.35. The van der Waals surface area contributed by atoms with Gasteiger partial charge in [-0.25, -0.2) is 4.98 Å². The van der Waals surface area contributed by atoms with Crippen LogP contribution in [0.4, 0.5) is 0 Å². The second kappa shape index (κ2) is 8.32. The topological polar surface area (TPSA) is 81.0 Å². The summed E-state index contributed by atoms with van der Waals surface area (Å²) in [7, 11) is 3.95. The maximum atomic E-state index is 12.3. The van der Waals surface area contributed by atoms with Crippen LogP contribution >= 0.6 is 0 Å². The smallest absolute Gasteiger partial charge is 0.251 e. The van der Waals surface area contributed by atoms with Crippen molar-refractivity contribution in [1.82, 2.24) is 24.6 Å². The zero-order valence-electron chi connectivity index (χ0n) is 17.9. The Labute approximate surface area is 185 Å². The molecule has 0 saturated carbocycles. The minimum Gasteiger partial charge on any atom is -0.454 e. The molecule has 0 saturated heterocycles. The molecule has 4 aromatic rings. The van der Waals surface area contributed by atoms with Gasteiger partial charge in [0.1, 0.15) is 0 Å². The molecule has 1 amide bonds. The number of rotatable bonds is 6. The molecular formula is C24H23N5O3. The van der Waals surface area contributed by atoms with Crippen LogP contribution in [0.2, 0.25) is 0 Å². The number of hydrogen-bond acceptors (Lipinski definition) is 6. The molecule has 5 rings (SSSR count). The Balaban J connectivity index is 1.40. The van der Waals surface area contributed by atoms with Gasteiger partial charge >= 0.3 is 0 Å². The molecule has 2 aromatic carbocycles. The zero-order valence-corrected chi connectivity index (χ0v) is 17.9. The van der Waals surface area contributed by atoms with Crippen molar-refractivity contribution in [1.29, 1.82) is 0 Å². The molecule has 8 nitrogen and oxygen atoms in total. The summed E-state index contributed by atoms with van der Waals surface area (Å²) in [5.74, 6) is 1.39.